The second-order valence-corrected chi connectivity index (χ2v) is 6.08. The molecule has 7 heteroatoms. The predicted molar refractivity (Wildman–Crippen MR) is 80.5 cm³/mol. The van der Waals surface area contributed by atoms with Crippen LogP contribution in [0.15, 0.2) is 0 Å². The minimum Gasteiger partial charge on any atom is -0.378 e. The first-order valence-corrected chi connectivity index (χ1v) is 7.41. The maximum Gasteiger partial charge on any atom is 0.333 e. The lowest BCUT2D eigenvalue weighted by atomic mass is 9.64. The summed E-state index contributed by atoms with van der Waals surface area (Å²) < 4.78 is 7.27. The number of ether oxygens (including phenoxy) is 1. The van der Waals surface area contributed by atoms with E-state index in [1.54, 1.807) is 11.7 Å². The molecule has 1 aromatic heterocycles. The molecule has 0 aromatic carbocycles. The van der Waals surface area contributed by atoms with Gasteiger partial charge in [-0.25, -0.2) is 4.68 Å². The molecular weight excluding hydrogens is 272 g/mol. The number of nitrogens with one attached hydrogen (secondary N) is 1. The Bertz CT molecular complexity index is 539. The van der Waals surface area contributed by atoms with Gasteiger partial charge in [0.15, 0.2) is 0 Å². The summed E-state index contributed by atoms with van der Waals surface area (Å²) in [5.74, 6) is 0.491. The van der Waals surface area contributed by atoms with Gasteiger partial charge in [0.05, 0.1) is 11.0 Å². The Morgan fingerprint density at radius 2 is 2.19 bits per heavy atom. The lowest BCUT2D eigenvalue weighted by Gasteiger charge is -2.51. The van der Waals surface area contributed by atoms with Crippen molar-refractivity contribution in [1.29, 1.82) is 0 Å². The Balaban J connectivity index is 2.22. The van der Waals surface area contributed by atoms with Crippen molar-refractivity contribution >= 4 is 11.5 Å². The first kappa shape index (κ1) is 15.8. The summed E-state index contributed by atoms with van der Waals surface area (Å²) >= 11 is 0. The third-order valence-corrected chi connectivity index (χ3v) is 4.47. The van der Waals surface area contributed by atoms with Crippen molar-refractivity contribution < 1.29 is 9.66 Å². The fourth-order valence-corrected chi connectivity index (χ4v) is 2.94. The molecule has 0 aliphatic heterocycles. The van der Waals surface area contributed by atoms with E-state index < -0.39 is 0 Å². The molecular formula is C14H24N4O3. The maximum absolute atomic E-state index is 11.3. The maximum atomic E-state index is 11.3. The lowest BCUT2D eigenvalue weighted by Crippen LogP contribution is -2.58. The first-order chi connectivity index (χ1) is 9.82. The molecule has 0 amide bonds. The van der Waals surface area contributed by atoms with Gasteiger partial charge in [-0.3, -0.25) is 10.1 Å². The number of hydrogen-bond acceptors (Lipinski definition) is 5. The number of nitrogens with zero attached hydrogens (tertiary/aromatic N) is 3. The van der Waals surface area contributed by atoms with Crippen LogP contribution in [0.2, 0.25) is 0 Å². The van der Waals surface area contributed by atoms with Crippen LogP contribution in [-0.4, -0.2) is 33.5 Å². The van der Waals surface area contributed by atoms with Crippen molar-refractivity contribution in [3.05, 3.63) is 15.8 Å². The van der Waals surface area contributed by atoms with Crippen molar-refractivity contribution in [1.82, 2.24) is 9.78 Å². The van der Waals surface area contributed by atoms with E-state index >= 15 is 0 Å². The molecule has 0 saturated heterocycles. The monoisotopic (exact) mass is 296 g/mol. The van der Waals surface area contributed by atoms with E-state index in [2.05, 4.69) is 24.3 Å². The van der Waals surface area contributed by atoms with Gasteiger partial charge in [-0.2, -0.15) is 5.10 Å². The van der Waals surface area contributed by atoms with Gasteiger partial charge in [-0.15, -0.1) is 0 Å². The summed E-state index contributed by atoms with van der Waals surface area (Å²) in [6, 6.07) is 0.146. The number of nitro groups is 1. The van der Waals surface area contributed by atoms with Crippen molar-refractivity contribution in [2.75, 3.05) is 11.9 Å². The molecule has 1 aliphatic rings. The van der Waals surface area contributed by atoms with Crippen LogP contribution in [0.5, 0.6) is 0 Å². The second-order valence-electron chi connectivity index (χ2n) is 6.08. The third kappa shape index (κ3) is 2.62. The van der Waals surface area contributed by atoms with Crippen LogP contribution >= 0.6 is 0 Å². The van der Waals surface area contributed by atoms with E-state index in [1.165, 1.54) is 0 Å². The largest absolute Gasteiger partial charge is 0.378 e. The Labute approximate surface area is 124 Å². The summed E-state index contributed by atoms with van der Waals surface area (Å²) in [5.41, 5.74) is 0.555. The molecule has 1 saturated carbocycles. The highest BCUT2D eigenvalue weighted by Crippen LogP contribution is 2.45. The normalized spacial score (nSPS) is 23.7. The van der Waals surface area contributed by atoms with Gasteiger partial charge in [0.2, 0.25) is 5.82 Å². The minimum atomic E-state index is -0.347. The molecule has 118 valence electrons. The third-order valence-electron chi connectivity index (χ3n) is 4.47. The standard InChI is InChI=1S/C14H24N4O3/c1-6-9-12(18(19)20)13(17(5)16-9)15-10-8-11(21-7-2)14(10,3)4/h10-11,15H,6-8H2,1-5H3. The average Bonchev–Trinajstić information content (AvgIpc) is 2.74. The average molecular weight is 296 g/mol. The first-order valence-electron chi connectivity index (χ1n) is 7.41. The van der Waals surface area contributed by atoms with Gasteiger partial charge < -0.3 is 10.1 Å². The molecule has 2 rings (SSSR count). The molecule has 0 radical (unpaired) electrons. The quantitative estimate of drug-likeness (QED) is 0.644. The highest BCUT2D eigenvalue weighted by atomic mass is 16.6. The topological polar surface area (TPSA) is 82.2 Å². The van der Waals surface area contributed by atoms with Gasteiger partial charge in [-0.05, 0) is 19.8 Å². The van der Waals surface area contributed by atoms with Crippen LogP contribution in [-0.2, 0) is 18.2 Å². The van der Waals surface area contributed by atoms with Crippen LogP contribution in [0.3, 0.4) is 0 Å². The zero-order valence-corrected chi connectivity index (χ0v) is 13.3. The van der Waals surface area contributed by atoms with Crippen molar-refractivity contribution in [2.24, 2.45) is 12.5 Å². The smallest absolute Gasteiger partial charge is 0.333 e. The van der Waals surface area contributed by atoms with Crippen molar-refractivity contribution in [2.45, 2.75) is 52.7 Å². The lowest BCUT2D eigenvalue weighted by molar-refractivity contribution is -0.384. The number of hydrogen-bond donors (Lipinski definition) is 1. The molecule has 1 N–H and O–H groups in total. The van der Waals surface area contributed by atoms with E-state index in [0.29, 0.717) is 24.5 Å². The molecule has 21 heavy (non-hydrogen) atoms. The van der Waals surface area contributed by atoms with Crippen LogP contribution in [0.25, 0.3) is 0 Å². The highest BCUT2D eigenvalue weighted by Gasteiger charge is 2.49. The van der Waals surface area contributed by atoms with E-state index in [-0.39, 0.29) is 28.2 Å². The zero-order valence-electron chi connectivity index (χ0n) is 13.3. The minimum absolute atomic E-state index is 0.0550. The predicted octanol–water partition coefficient (Wildman–Crippen LogP) is 2.51. The number of aromatic nitrogens is 2. The van der Waals surface area contributed by atoms with Gasteiger partial charge in [0, 0.05) is 25.1 Å². The Morgan fingerprint density at radius 1 is 1.52 bits per heavy atom. The SMILES string of the molecule is CCOC1CC(Nc2c([N+](=O)[O-])c(CC)nn2C)C1(C)C. The Hall–Kier alpha value is -1.63. The fraction of sp³-hybridized carbons (Fsp3) is 0.786. The highest BCUT2D eigenvalue weighted by molar-refractivity contribution is 5.60. The van der Waals surface area contributed by atoms with Gasteiger partial charge in [0.1, 0.15) is 5.69 Å². The summed E-state index contributed by atoms with van der Waals surface area (Å²) in [4.78, 5) is 11.0. The van der Waals surface area contributed by atoms with E-state index in [1.807, 2.05) is 13.8 Å². The van der Waals surface area contributed by atoms with Gasteiger partial charge in [0.25, 0.3) is 0 Å². The van der Waals surface area contributed by atoms with Crippen molar-refractivity contribution in [3.63, 3.8) is 0 Å². The Morgan fingerprint density at radius 3 is 2.67 bits per heavy atom. The number of anilines is 1. The van der Waals surface area contributed by atoms with Gasteiger partial charge in [-0.1, -0.05) is 20.8 Å². The summed E-state index contributed by atoms with van der Waals surface area (Å²) in [5, 5.41) is 18.9. The molecule has 7 nitrogen and oxygen atoms in total. The number of aryl methyl sites for hydroxylation is 2. The van der Waals surface area contributed by atoms with Crippen LogP contribution < -0.4 is 5.32 Å². The van der Waals surface area contributed by atoms with Crippen LogP contribution in [0.1, 0.15) is 39.8 Å². The second kappa shape index (κ2) is 5.63. The molecule has 1 fully saturated rings. The summed E-state index contributed by atoms with van der Waals surface area (Å²) in [6.45, 7) is 8.79. The van der Waals surface area contributed by atoms with Gasteiger partial charge >= 0.3 is 5.69 Å². The van der Waals surface area contributed by atoms with Crippen LogP contribution in [0, 0.1) is 15.5 Å². The van der Waals surface area contributed by atoms with Crippen molar-refractivity contribution in [3.8, 4) is 0 Å². The Kier molecular flexibility index (Phi) is 4.22. The molecule has 0 bridgehead atoms. The molecule has 1 heterocycles. The molecule has 1 aliphatic carbocycles. The molecule has 1 aromatic rings. The number of rotatable bonds is 6. The zero-order chi connectivity index (χ0) is 15.8. The molecule has 0 spiro atoms. The molecule has 2 unspecified atom stereocenters. The fourth-order valence-electron chi connectivity index (χ4n) is 2.94. The van der Waals surface area contributed by atoms with Crippen LogP contribution in [0.4, 0.5) is 11.5 Å². The van der Waals surface area contributed by atoms with E-state index in [0.717, 1.165) is 6.42 Å². The van der Waals surface area contributed by atoms with E-state index in [9.17, 15) is 10.1 Å². The van der Waals surface area contributed by atoms with E-state index in [4.69, 9.17) is 4.74 Å². The summed E-state index contributed by atoms with van der Waals surface area (Å²) in [6.07, 6.45) is 1.59. The molecule has 2 atom stereocenters. The summed E-state index contributed by atoms with van der Waals surface area (Å²) in [7, 11) is 1.74.